The summed E-state index contributed by atoms with van der Waals surface area (Å²) < 4.78 is 11.4. The van der Waals surface area contributed by atoms with Crippen LogP contribution in [0.1, 0.15) is 12.8 Å². The molecule has 0 amide bonds. The van der Waals surface area contributed by atoms with E-state index in [1.807, 2.05) is 35.7 Å². The number of aromatic nitrogens is 1. The zero-order valence-electron chi connectivity index (χ0n) is 12.3. The number of benzene rings is 1. The van der Waals surface area contributed by atoms with E-state index in [4.69, 9.17) is 9.26 Å². The van der Waals surface area contributed by atoms with Crippen molar-refractivity contribution in [3.05, 3.63) is 35.7 Å². The van der Waals surface area contributed by atoms with Gasteiger partial charge in [0.25, 0.3) is 0 Å². The van der Waals surface area contributed by atoms with Crippen molar-refractivity contribution in [2.24, 2.45) is 0 Å². The fourth-order valence-corrected chi connectivity index (χ4v) is 3.62. The van der Waals surface area contributed by atoms with Crippen LogP contribution in [-0.4, -0.2) is 36.3 Å². The molecule has 0 spiro atoms. The first-order valence-corrected chi connectivity index (χ1v) is 8.56. The van der Waals surface area contributed by atoms with E-state index in [0.717, 1.165) is 40.4 Å². The molecule has 4 nitrogen and oxygen atoms in total. The molecule has 1 aliphatic heterocycles. The van der Waals surface area contributed by atoms with Crippen LogP contribution in [-0.2, 0) is 0 Å². The normalized spacial score (nSPS) is 15.6. The second-order valence-corrected chi connectivity index (χ2v) is 6.47. The number of ether oxygens (including phenoxy) is 1. The summed E-state index contributed by atoms with van der Waals surface area (Å²) in [6.45, 7) is 4.14. The van der Waals surface area contributed by atoms with E-state index in [-0.39, 0.29) is 0 Å². The summed E-state index contributed by atoms with van der Waals surface area (Å²) in [5, 5.41) is 7.20. The number of hydrogen-bond donors (Lipinski definition) is 0. The molecular formula is C17H18N2O2S. The van der Waals surface area contributed by atoms with Gasteiger partial charge in [-0.15, -0.1) is 11.3 Å². The van der Waals surface area contributed by atoms with Gasteiger partial charge < -0.3 is 9.26 Å². The summed E-state index contributed by atoms with van der Waals surface area (Å²) in [4.78, 5) is 3.39. The molecule has 5 heteroatoms. The Morgan fingerprint density at radius 2 is 2.14 bits per heavy atom. The van der Waals surface area contributed by atoms with E-state index in [9.17, 15) is 0 Å². The molecule has 3 aromatic rings. The van der Waals surface area contributed by atoms with Crippen molar-refractivity contribution < 1.29 is 9.26 Å². The molecule has 0 bridgehead atoms. The molecule has 0 atom stereocenters. The standard InChI is InChI=1S/C17H18N2O2S/c1-2-8-19(7-1)9-10-20-14-5-3-4-13(12-14)16-15-6-11-22-17(15)18-21-16/h3-6,11-12H,1-2,7-10H2. The van der Waals surface area contributed by atoms with Crippen LogP contribution in [0.2, 0.25) is 0 Å². The van der Waals surface area contributed by atoms with Crippen molar-refractivity contribution in [2.75, 3.05) is 26.2 Å². The lowest BCUT2D eigenvalue weighted by molar-refractivity contribution is 0.238. The van der Waals surface area contributed by atoms with Gasteiger partial charge in [0.1, 0.15) is 12.4 Å². The fourth-order valence-electron chi connectivity index (χ4n) is 2.92. The first-order chi connectivity index (χ1) is 10.9. The first-order valence-electron chi connectivity index (χ1n) is 7.68. The number of rotatable bonds is 5. The topological polar surface area (TPSA) is 38.5 Å². The Hall–Kier alpha value is -1.85. The Labute approximate surface area is 133 Å². The lowest BCUT2D eigenvalue weighted by Crippen LogP contribution is -2.25. The van der Waals surface area contributed by atoms with Crippen LogP contribution >= 0.6 is 11.3 Å². The van der Waals surface area contributed by atoms with Crippen molar-refractivity contribution in [2.45, 2.75) is 12.8 Å². The summed E-state index contributed by atoms with van der Waals surface area (Å²) in [6, 6.07) is 10.1. The van der Waals surface area contributed by atoms with E-state index in [1.165, 1.54) is 25.9 Å². The van der Waals surface area contributed by atoms with Gasteiger partial charge in [0.15, 0.2) is 10.6 Å². The van der Waals surface area contributed by atoms with E-state index >= 15 is 0 Å². The van der Waals surface area contributed by atoms with Crippen molar-refractivity contribution in [3.8, 4) is 17.1 Å². The molecule has 0 unspecified atom stereocenters. The van der Waals surface area contributed by atoms with Crippen molar-refractivity contribution >= 4 is 21.6 Å². The SMILES string of the molecule is c1cc(OCCN2CCCC2)cc(-c2onc3sccc23)c1. The minimum Gasteiger partial charge on any atom is -0.492 e. The molecule has 3 heterocycles. The van der Waals surface area contributed by atoms with Gasteiger partial charge in [0.2, 0.25) is 0 Å². The highest BCUT2D eigenvalue weighted by Crippen LogP contribution is 2.33. The highest BCUT2D eigenvalue weighted by Gasteiger charge is 2.13. The Bertz CT molecular complexity index is 759. The number of hydrogen-bond acceptors (Lipinski definition) is 5. The van der Waals surface area contributed by atoms with Gasteiger partial charge in [-0.05, 0) is 49.5 Å². The minimum absolute atomic E-state index is 0.730. The van der Waals surface area contributed by atoms with Gasteiger partial charge in [-0.25, -0.2) is 0 Å². The lowest BCUT2D eigenvalue weighted by Gasteiger charge is -2.15. The van der Waals surface area contributed by atoms with Crippen LogP contribution < -0.4 is 4.74 Å². The van der Waals surface area contributed by atoms with E-state index < -0.39 is 0 Å². The average Bonchev–Trinajstić information content (AvgIpc) is 3.25. The van der Waals surface area contributed by atoms with Gasteiger partial charge >= 0.3 is 0 Å². The smallest absolute Gasteiger partial charge is 0.175 e. The zero-order valence-corrected chi connectivity index (χ0v) is 13.1. The molecule has 0 N–H and O–H groups in total. The molecule has 22 heavy (non-hydrogen) atoms. The summed E-state index contributed by atoms with van der Waals surface area (Å²) in [7, 11) is 0. The Morgan fingerprint density at radius 1 is 1.23 bits per heavy atom. The minimum atomic E-state index is 0.730. The van der Waals surface area contributed by atoms with Gasteiger partial charge in [-0.1, -0.05) is 17.3 Å². The molecule has 0 aliphatic carbocycles. The summed E-state index contributed by atoms with van der Waals surface area (Å²) in [5.41, 5.74) is 1.01. The molecule has 2 aromatic heterocycles. The quantitative estimate of drug-likeness (QED) is 0.712. The Morgan fingerprint density at radius 3 is 3.05 bits per heavy atom. The van der Waals surface area contributed by atoms with Crippen molar-refractivity contribution in [1.29, 1.82) is 0 Å². The van der Waals surface area contributed by atoms with Crippen LogP contribution in [0.15, 0.2) is 40.2 Å². The zero-order chi connectivity index (χ0) is 14.8. The van der Waals surface area contributed by atoms with E-state index in [0.29, 0.717) is 0 Å². The average molecular weight is 314 g/mol. The molecule has 4 rings (SSSR count). The highest BCUT2D eigenvalue weighted by atomic mass is 32.1. The maximum absolute atomic E-state index is 5.90. The highest BCUT2D eigenvalue weighted by molar-refractivity contribution is 7.16. The number of fused-ring (bicyclic) bond motifs is 1. The van der Waals surface area contributed by atoms with Crippen LogP contribution in [0, 0.1) is 0 Å². The summed E-state index contributed by atoms with van der Waals surface area (Å²) in [6.07, 6.45) is 2.63. The third kappa shape index (κ3) is 2.74. The van der Waals surface area contributed by atoms with Gasteiger partial charge in [-0.2, -0.15) is 0 Å². The molecule has 1 fully saturated rings. The van der Waals surface area contributed by atoms with Gasteiger partial charge in [-0.3, -0.25) is 4.90 Å². The molecule has 0 saturated carbocycles. The fraction of sp³-hybridized carbons (Fsp3) is 0.353. The number of likely N-dealkylation sites (tertiary alicyclic amines) is 1. The van der Waals surface area contributed by atoms with Gasteiger partial charge in [0, 0.05) is 12.1 Å². The second-order valence-electron chi connectivity index (χ2n) is 5.58. The molecule has 1 aliphatic rings. The third-order valence-corrected chi connectivity index (χ3v) is 4.87. The summed E-state index contributed by atoms with van der Waals surface area (Å²) >= 11 is 1.59. The summed E-state index contributed by atoms with van der Waals surface area (Å²) in [5.74, 6) is 1.71. The molecule has 1 aromatic carbocycles. The molecular weight excluding hydrogens is 296 g/mol. The number of nitrogens with zero attached hydrogens (tertiary/aromatic N) is 2. The predicted octanol–water partition coefficient (Wildman–Crippen LogP) is 4.03. The third-order valence-electron chi connectivity index (χ3n) is 4.08. The monoisotopic (exact) mass is 314 g/mol. The largest absolute Gasteiger partial charge is 0.492 e. The Balaban J connectivity index is 1.47. The van der Waals surface area contributed by atoms with Crippen LogP contribution in [0.5, 0.6) is 5.75 Å². The lowest BCUT2D eigenvalue weighted by atomic mass is 10.1. The van der Waals surface area contributed by atoms with E-state index in [2.05, 4.69) is 10.1 Å². The van der Waals surface area contributed by atoms with Crippen molar-refractivity contribution in [3.63, 3.8) is 0 Å². The maximum Gasteiger partial charge on any atom is 0.175 e. The van der Waals surface area contributed by atoms with Gasteiger partial charge in [0.05, 0.1) is 5.39 Å². The second kappa shape index (κ2) is 6.10. The number of thiophene rings is 1. The van der Waals surface area contributed by atoms with Crippen LogP contribution in [0.3, 0.4) is 0 Å². The van der Waals surface area contributed by atoms with E-state index in [1.54, 1.807) is 11.3 Å². The van der Waals surface area contributed by atoms with Crippen molar-refractivity contribution in [1.82, 2.24) is 10.1 Å². The molecule has 114 valence electrons. The predicted molar refractivity (Wildman–Crippen MR) is 88.5 cm³/mol. The Kier molecular flexibility index (Phi) is 3.83. The maximum atomic E-state index is 5.90. The molecule has 1 saturated heterocycles. The first kappa shape index (κ1) is 13.8. The molecule has 0 radical (unpaired) electrons. The van der Waals surface area contributed by atoms with Crippen LogP contribution in [0.25, 0.3) is 21.5 Å². The van der Waals surface area contributed by atoms with Crippen LogP contribution in [0.4, 0.5) is 0 Å².